The van der Waals surface area contributed by atoms with Crippen LogP contribution in [0.1, 0.15) is 45.4 Å². The Morgan fingerprint density at radius 3 is 2.61 bits per heavy atom. The zero-order chi connectivity index (χ0) is 23.1. The number of methoxy groups -OCH3 is 1. The third-order valence-corrected chi connectivity index (χ3v) is 7.77. The lowest BCUT2D eigenvalue weighted by molar-refractivity contribution is 0.102. The molecule has 5 rings (SSSR count). The highest BCUT2D eigenvalue weighted by Crippen LogP contribution is 2.44. The number of rotatable bonds is 4. The molecule has 0 fully saturated rings. The van der Waals surface area contributed by atoms with Crippen LogP contribution >= 0.6 is 11.3 Å². The van der Waals surface area contributed by atoms with Crippen LogP contribution in [0.5, 0.6) is 5.75 Å². The predicted octanol–water partition coefficient (Wildman–Crippen LogP) is 6.97. The van der Waals surface area contributed by atoms with E-state index in [-0.39, 0.29) is 5.91 Å². The van der Waals surface area contributed by atoms with E-state index in [0.717, 1.165) is 56.9 Å². The van der Waals surface area contributed by atoms with E-state index in [9.17, 15) is 4.79 Å². The molecule has 1 aliphatic carbocycles. The van der Waals surface area contributed by atoms with E-state index in [2.05, 4.69) is 12.2 Å². The van der Waals surface area contributed by atoms with Crippen LogP contribution in [0.4, 0.5) is 5.69 Å². The van der Waals surface area contributed by atoms with Crippen LogP contribution in [0.15, 0.2) is 48.5 Å². The topological polar surface area (TPSA) is 51.2 Å². The minimum atomic E-state index is -0.119. The molecule has 2 aromatic carbocycles. The molecule has 5 heteroatoms. The van der Waals surface area contributed by atoms with E-state index in [4.69, 9.17) is 9.72 Å². The number of carbonyl (C=O) groups is 1. The Kier molecular flexibility index (Phi) is 5.67. The molecule has 0 saturated carbocycles. The number of amides is 1. The number of aromatic nitrogens is 1. The van der Waals surface area contributed by atoms with Crippen molar-refractivity contribution in [2.75, 3.05) is 12.4 Å². The summed E-state index contributed by atoms with van der Waals surface area (Å²) >= 11 is 1.79. The molecule has 168 valence electrons. The average Bonchev–Trinajstić information content (AvgIpc) is 3.16. The normalized spacial score (nSPS) is 15.3. The highest BCUT2D eigenvalue weighted by Gasteiger charge is 2.28. The number of pyridine rings is 1. The molecule has 0 bridgehead atoms. The van der Waals surface area contributed by atoms with Crippen molar-refractivity contribution in [3.05, 3.63) is 75.8 Å². The summed E-state index contributed by atoms with van der Waals surface area (Å²) in [6, 6.07) is 15.9. The fraction of sp³-hybridized carbons (Fsp3) is 0.286. The Hall–Kier alpha value is -3.18. The highest BCUT2D eigenvalue weighted by atomic mass is 32.1. The Morgan fingerprint density at radius 2 is 1.88 bits per heavy atom. The van der Waals surface area contributed by atoms with Crippen LogP contribution in [0.25, 0.3) is 21.3 Å². The van der Waals surface area contributed by atoms with Gasteiger partial charge < -0.3 is 10.1 Å². The number of fused-ring (bicyclic) bond motifs is 3. The Morgan fingerprint density at radius 1 is 1.12 bits per heavy atom. The van der Waals surface area contributed by atoms with E-state index in [1.165, 1.54) is 16.9 Å². The number of hydrogen-bond donors (Lipinski definition) is 1. The van der Waals surface area contributed by atoms with Crippen molar-refractivity contribution >= 4 is 33.1 Å². The van der Waals surface area contributed by atoms with Crippen LogP contribution in [0.3, 0.4) is 0 Å². The van der Waals surface area contributed by atoms with Gasteiger partial charge in [0.25, 0.3) is 5.91 Å². The van der Waals surface area contributed by atoms with Crippen molar-refractivity contribution in [1.29, 1.82) is 0 Å². The average molecular weight is 457 g/mol. The minimum absolute atomic E-state index is 0.119. The smallest absolute Gasteiger partial charge is 0.258 e. The summed E-state index contributed by atoms with van der Waals surface area (Å²) in [5.41, 5.74) is 6.63. The van der Waals surface area contributed by atoms with Crippen LogP contribution in [-0.4, -0.2) is 18.0 Å². The molecule has 1 unspecified atom stereocenters. The first kappa shape index (κ1) is 21.7. The predicted molar refractivity (Wildman–Crippen MR) is 137 cm³/mol. The van der Waals surface area contributed by atoms with Crippen molar-refractivity contribution in [2.45, 2.75) is 40.0 Å². The molecule has 4 nitrogen and oxygen atoms in total. The fourth-order valence-corrected chi connectivity index (χ4v) is 6.25. The molecule has 0 spiro atoms. The Bertz CT molecular complexity index is 1350. The maximum Gasteiger partial charge on any atom is 0.258 e. The highest BCUT2D eigenvalue weighted by molar-refractivity contribution is 7.19. The summed E-state index contributed by atoms with van der Waals surface area (Å²) in [5.74, 6) is 1.36. The number of carbonyl (C=O) groups excluding carboxylic acids is 1. The summed E-state index contributed by atoms with van der Waals surface area (Å²) in [5, 5.41) is 4.29. The van der Waals surface area contributed by atoms with Gasteiger partial charge in [0, 0.05) is 21.5 Å². The van der Waals surface area contributed by atoms with Gasteiger partial charge >= 0.3 is 0 Å². The largest absolute Gasteiger partial charge is 0.497 e. The molecule has 33 heavy (non-hydrogen) atoms. The van der Waals surface area contributed by atoms with Gasteiger partial charge in [-0.2, -0.15) is 0 Å². The minimum Gasteiger partial charge on any atom is -0.497 e. The van der Waals surface area contributed by atoms with Crippen LogP contribution < -0.4 is 10.1 Å². The second-order valence-electron chi connectivity index (χ2n) is 8.98. The van der Waals surface area contributed by atoms with Crippen LogP contribution in [0, 0.1) is 19.8 Å². The van der Waals surface area contributed by atoms with Gasteiger partial charge in [0.2, 0.25) is 0 Å². The second kappa shape index (κ2) is 8.64. The van der Waals surface area contributed by atoms with Gasteiger partial charge in [-0.3, -0.25) is 4.79 Å². The van der Waals surface area contributed by atoms with Crippen molar-refractivity contribution in [3.63, 3.8) is 0 Å². The van der Waals surface area contributed by atoms with Crippen LogP contribution in [0.2, 0.25) is 0 Å². The molecule has 0 radical (unpaired) electrons. The Labute approximate surface area is 198 Å². The molecule has 2 heterocycles. The van der Waals surface area contributed by atoms with Gasteiger partial charge in [0.05, 0.1) is 18.4 Å². The molecular formula is C28H28N2O2S. The third-order valence-electron chi connectivity index (χ3n) is 6.62. The molecular weight excluding hydrogens is 428 g/mol. The van der Waals surface area contributed by atoms with E-state index >= 15 is 0 Å². The number of ether oxygens (including phenoxy) is 1. The number of hydrogen-bond acceptors (Lipinski definition) is 4. The maximum absolute atomic E-state index is 13.7. The molecule has 1 aliphatic rings. The molecule has 1 atom stereocenters. The second-order valence-corrected chi connectivity index (χ2v) is 10.1. The molecule has 0 aliphatic heterocycles. The van der Waals surface area contributed by atoms with Gasteiger partial charge in [-0.05, 0) is 73.9 Å². The number of nitrogens with zero attached hydrogens (tertiary/aromatic N) is 1. The van der Waals surface area contributed by atoms with Gasteiger partial charge in [-0.1, -0.05) is 37.3 Å². The Balaban J connectivity index is 1.74. The van der Waals surface area contributed by atoms with Gasteiger partial charge in [0.1, 0.15) is 10.6 Å². The molecule has 0 saturated heterocycles. The van der Waals surface area contributed by atoms with Crippen molar-refractivity contribution < 1.29 is 9.53 Å². The summed E-state index contributed by atoms with van der Waals surface area (Å²) < 4.78 is 5.38. The lowest BCUT2D eigenvalue weighted by Crippen LogP contribution is -2.17. The van der Waals surface area contributed by atoms with E-state index in [1.807, 2.05) is 62.4 Å². The van der Waals surface area contributed by atoms with Crippen molar-refractivity contribution in [1.82, 2.24) is 4.98 Å². The number of anilines is 1. The van der Waals surface area contributed by atoms with Gasteiger partial charge in [-0.15, -0.1) is 11.3 Å². The molecule has 1 N–H and O–H groups in total. The third kappa shape index (κ3) is 3.91. The number of aryl methyl sites for hydroxylation is 3. The van der Waals surface area contributed by atoms with Crippen molar-refractivity contribution in [3.8, 4) is 16.9 Å². The summed E-state index contributed by atoms with van der Waals surface area (Å²) in [4.78, 5) is 21.1. The van der Waals surface area contributed by atoms with Gasteiger partial charge in [0.15, 0.2) is 0 Å². The number of nitrogens with one attached hydrogen (secondary N) is 1. The van der Waals surface area contributed by atoms with Crippen LogP contribution in [-0.2, 0) is 12.8 Å². The standard InChI is InChI=1S/C28H28N2O2S/c1-16-9-14-21-23(15-16)33-28-26(21)25(19-10-12-20(32-4)13-11-19)24(18(3)29-28)27(31)30-22-8-6-5-7-17(22)2/h5-8,10-13,16H,9,14-15H2,1-4H3,(H,30,31). The van der Waals surface area contributed by atoms with E-state index < -0.39 is 0 Å². The fourth-order valence-electron chi connectivity index (χ4n) is 4.81. The maximum atomic E-state index is 13.7. The summed E-state index contributed by atoms with van der Waals surface area (Å²) in [6.45, 7) is 6.27. The molecule has 1 amide bonds. The zero-order valence-corrected chi connectivity index (χ0v) is 20.3. The number of benzene rings is 2. The van der Waals surface area contributed by atoms with E-state index in [1.54, 1.807) is 18.4 Å². The first-order chi connectivity index (χ1) is 16.0. The summed E-state index contributed by atoms with van der Waals surface area (Å²) in [6.07, 6.45) is 3.28. The lowest BCUT2D eigenvalue weighted by atomic mass is 9.86. The molecule has 4 aromatic rings. The zero-order valence-electron chi connectivity index (χ0n) is 19.5. The molecule has 2 aromatic heterocycles. The van der Waals surface area contributed by atoms with E-state index in [0.29, 0.717) is 11.5 Å². The summed E-state index contributed by atoms with van der Waals surface area (Å²) in [7, 11) is 1.67. The monoisotopic (exact) mass is 456 g/mol. The lowest BCUT2D eigenvalue weighted by Gasteiger charge is -2.20. The first-order valence-electron chi connectivity index (χ1n) is 11.4. The van der Waals surface area contributed by atoms with Crippen molar-refractivity contribution in [2.24, 2.45) is 5.92 Å². The quantitative estimate of drug-likeness (QED) is 0.361. The van der Waals surface area contributed by atoms with Gasteiger partial charge in [-0.25, -0.2) is 4.98 Å². The number of para-hydroxylation sites is 1. The first-order valence-corrected chi connectivity index (χ1v) is 12.2. The SMILES string of the molecule is COc1ccc(-c2c(C(=O)Nc3ccccc3C)c(C)nc3sc4c(c23)CCC(C)C4)cc1. The number of thiophene rings is 1.